The lowest BCUT2D eigenvalue weighted by Crippen LogP contribution is -2.36. The third-order valence-corrected chi connectivity index (χ3v) is 5.46. The number of nitrogens with one attached hydrogen (secondary N) is 1. The van der Waals surface area contributed by atoms with Gasteiger partial charge in [0.05, 0.1) is 29.2 Å². The second-order valence-corrected chi connectivity index (χ2v) is 7.24. The van der Waals surface area contributed by atoms with E-state index in [1.807, 2.05) is 25.1 Å². The van der Waals surface area contributed by atoms with E-state index in [0.717, 1.165) is 47.8 Å². The second kappa shape index (κ2) is 6.63. The number of rotatable bonds is 3. The summed E-state index contributed by atoms with van der Waals surface area (Å²) in [6.45, 7) is 3.79. The van der Waals surface area contributed by atoms with Crippen molar-refractivity contribution in [3.63, 3.8) is 0 Å². The molecule has 0 aliphatic carbocycles. The molecule has 8 nitrogen and oxygen atoms in total. The van der Waals surface area contributed by atoms with Crippen molar-refractivity contribution in [2.45, 2.75) is 19.3 Å². The lowest BCUT2D eigenvalue weighted by atomic mass is 9.84. The van der Waals surface area contributed by atoms with E-state index in [1.54, 1.807) is 6.20 Å². The number of aromatic nitrogens is 5. The summed E-state index contributed by atoms with van der Waals surface area (Å²) in [5, 5.41) is 10.3. The van der Waals surface area contributed by atoms with Crippen LogP contribution in [-0.4, -0.2) is 44.1 Å². The van der Waals surface area contributed by atoms with E-state index in [0.29, 0.717) is 5.82 Å². The molecule has 2 aliphatic rings. The Morgan fingerprint density at radius 2 is 2.14 bits per heavy atom. The molecule has 2 aliphatic heterocycles. The van der Waals surface area contributed by atoms with E-state index in [-0.39, 0.29) is 17.7 Å². The van der Waals surface area contributed by atoms with Crippen molar-refractivity contribution in [1.82, 2.24) is 25.1 Å². The van der Waals surface area contributed by atoms with Gasteiger partial charge >= 0.3 is 0 Å². The first kappa shape index (κ1) is 16.7. The minimum Gasteiger partial charge on any atom is -0.370 e. The Kier molecular flexibility index (Phi) is 3.96. The van der Waals surface area contributed by atoms with Gasteiger partial charge in [0.1, 0.15) is 6.33 Å². The van der Waals surface area contributed by atoms with Gasteiger partial charge in [-0.25, -0.2) is 9.97 Å². The van der Waals surface area contributed by atoms with Crippen LogP contribution >= 0.6 is 0 Å². The fourth-order valence-electron chi connectivity index (χ4n) is 4.18. The molecule has 5 heterocycles. The van der Waals surface area contributed by atoms with Crippen LogP contribution in [-0.2, 0) is 4.79 Å². The van der Waals surface area contributed by atoms with E-state index in [4.69, 9.17) is 4.98 Å². The average Bonchev–Trinajstić information content (AvgIpc) is 3.13. The Balaban J connectivity index is 1.54. The smallest absolute Gasteiger partial charge is 0.235 e. The molecule has 2 atom stereocenters. The lowest BCUT2D eigenvalue weighted by molar-refractivity contribution is -0.118. The third kappa shape index (κ3) is 2.87. The summed E-state index contributed by atoms with van der Waals surface area (Å²) in [5.74, 6) is 0.238. The molecule has 0 spiro atoms. The molecular weight excluding hydrogens is 354 g/mol. The number of hydrogen-bond donors (Lipinski definition) is 1. The van der Waals surface area contributed by atoms with Gasteiger partial charge in [0.2, 0.25) is 5.91 Å². The fourth-order valence-corrected chi connectivity index (χ4v) is 4.18. The van der Waals surface area contributed by atoms with Gasteiger partial charge in [-0.3, -0.25) is 9.78 Å². The van der Waals surface area contributed by atoms with E-state index in [2.05, 4.69) is 36.4 Å². The van der Waals surface area contributed by atoms with Gasteiger partial charge in [-0.15, -0.1) is 5.10 Å². The molecule has 1 amide bonds. The number of amides is 1. The van der Waals surface area contributed by atoms with Crippen LogP contribution in [0.1, 0.15) is 23.7 Å². The van der Waals surface area contributed by atoms with Crippen LogP contribution in [0.2, 0.25) is 0 Å². The highest BCUT2D eigenvalue weighted by atomic mass is 16.2. The normalized spacial score (nSPS) is 20.0. The zero-order valence-corrected chi connectivity index (χ0v) is 15.4. The predicted octanol–water partition coefficient (Wildman–Crippen LogP) is 2.20. The van der Waals surface area contributed by atoms with Gasteiger partial charge in [-0.2, -0.15) is 5.10 Å². The molecule has 1 fully saturated rings. The minimum absolute atomic E-state index is 0.0936. The number of fused-ring (bicyclic) bond motifs is 4. The Bertz CT molecular complexity index is 1040. The molecule has 5 rings (SSSR count). The highest BCUT2D eigenvalue weighted by molar-refractivity contribution is 5.96. The van der Waals surface area contributed by atoms with Crippen molar-refractivity contribution in [2.24, 2.45) is 5.92 Å². The molecule has 1 N–H and O–H groups in total. The maximum Gasteiger partial charge on any atom is 0.235 e. The van der Waals surface area contributed by atoms with Crippen molar-refractivity contribution < 1.29 is 4.79 Å². The third-order valence-electron chi connectivity index (χ3n) is 5.46. The SMILES string of the molecule is Cc1cc(-c2ccc3c(n2)C(C(=O)Nc2cnncn2)[C@H]2CCN3C2)ccn1. The molecule has 0 aromatic carbocycles. The molecule has 3 aromatic heterocycles. The highest BCUT2D eigenvalue weighted by Crippen LogP contribution is 2.44. The first-order valence-corrected chi connectivity index (χ1v) is 9.31. The summed E-state index contributed by atoms with van der Waals surface area (Å²) < 4.78 is 0. The molecule has 28 heavy (non-hydrogen) atoms. The molecule has 3 aromatic rings. The zero-order valence-electron chi connectivity index (χ0n) is 15.4. The molecule has 140 valence electrons. The van der Waals surface area contributed by atoms with E-state index < -0.39 is 0 Å². The number of nitrogens with zero attached hydrogens (tertiary/aromatic N) is 6. The van der Waals surface area contributed by atoms with E-state index >= 15 is 0 Å². The monoisotopic (exact) mass is 373 g/mol. The van der Waals surface area contributed by atoms with Crippen LogP contribution in [0, 0.1) is 12.8 Å². The van der Waals surface area contributed by atoms with Gasteiger partial charge in [0, 0.05) is 30.5 Å². The standard InChI is InChI=1S/C20H19N7O/c1-12-8-13(4-6-21-12)15-2-3-16-19(25-15)18(14-5-7-27(16)10-14)20(28)26-17-9-23-24-11-22-17/h2-4,6,8-9,11,14,18H,5,7,10H2,1H3,(H,22,24,26,28)/t14-,18?/m0/s1. The molecule has 1 saturated heterocycles. The molecule has 2 bridgehead atoms. The van der Waals surface area contributed by atoms with Crippen LogP contribution in [0.5, 0.6) is 0 Å². The van der Waals surface area contributed by atoms with E-state index in [1.165, 1.54) is 12.5 Å². The topological polar surface area (TPSA) is 96.8 Å². The van der Waals surface area contributed by atoms with Crippen LogP contribution in [0.4, 0.5) is 11.5 Å². The summed E-state index contributed by atoms with van der Waals surface area (Å²) in [4.78, 5) is 28.7. The molecule has 1 unspecified atom stereocenters. The van der Waals surface area contributed by atoms with Gasteiger partial charge in [-0.05, 0) is 43.5 Å². The van der Waals surface area contributed by atoms with Gasteiger partial charge in [-0.1, -0.05) is 0 Å². The Morgan fingerprint density at radius 3 is 2.96 bits per heavy atom. The molecule has 8 heteroatoms. The molecule has 0 saturated carbocycles. The number of carbonyl (C=O) groups excluding carboxylic acids is 1. The lowest BCUT2D eigenvalue weighted by Gasteiger charge is -2.32. The maximum atomic E-state index is 13.2. The first-order chi connectivity index (χ1) is 13.7. The quantitative estimate of drug-likeness (QED) is 0.752. The van der Waals surface area contributed by atoms with Crippen molar-refractivity contribution in [1.29, 1.82) is 0 Å². The number of carbonyl (C=O) groups is 1. The molecule has 0 radical (unpaired) electrons. The summed E-state index contributed by atoms with van der Waals surface area (Å²) in [6, 6.07) is 8.06. The van der Waals surface area contributed by atoms with Gasteiger partial charge in [0.25, 0.3) is 0 Å². The van der Waals surface area contributed by atoms with Crippen LogP contribution in [0.25, 0.3) is 11.3 Å². The second-order valence-electron chi connectivity index (χ2n) is 7.24. The van der Waals surface area contributed by atoms with Crippen molar-refractivity contribution in [3.05, 3.63) is 54.4 Å². The van der Waals surface area contributed by atoms with Crippen LogP contribution in [0.15, 0.2) is 43.0 Å². The van der Waals surface area contributed by atoms with Crippen molar-refractivity contribution in [2.75, 3.05) is 23.3 Å². The summed E-state index contributed by atoms with van der Waals surface area (Å²) in [7, 11) is 0. The zero-order chi connectivity index (χ0) is 19.1. The Morgan fingerprint density at radius 1 is 1.21 bits per heavy atom. The first-order valence-electron chi connectivity index (χ1n) is 9.31. The van der Waals surface area contributed by atoms with Crippen molar-refractivity contribution in [3.8, 4) is 11.3 Å². The average molecular weight is 373 g/mol. The van der Waals surface area contributed by atoms with Crippen LogP contribution < -0.4 is 10.2 Å². The molecular formula is C20H19N7O. The Labute approximate surface area is 162 Å². The number of anilines is 2. The number of aryl methyl sites for hydroxylation is 1. The highest BCUT2D eigenvalue weighted by Gasteiger charge is 2.43. The Hall–Kier alpha value is -3.42. The van der Waals surface area contributed by atoms with E-state index in [9.17, 15) is 4.79 Å². The predicted molar refractivity (Wildman–Crippen MR) is 104 cm³/mol. The van der Waals surface area contributed by atoms with Gasteiger partial charge in [0.15, 0.2) is 5.82 Å². The largest absolute Gasteiger partial charge is 0.370 e. The number of pyridine rings is 2. The summed E-state index contributed by atoms with van der Waals surface area (Å²) >= 11 is 0. The number of hydrogen-bond acceptors (Lipinski definition) is 7. The van der Waals surface area contributed by atoms with Crippen LogP contribution in [0.3, 0.4) is 0 Å². The minimum atomic E-state index is -0.313. The van der Waals surface area contributed by atoms with Crippen molar-refractivity contribution >= 4 is 17.4 Å². The fraction of sp³-hybridized carbons (Fsp3) is 0.300. The maximum absolute atomic E-state index is 13.2. The van der Waals surface area contributed by atoms with Gasteiger partial charge < -0.3 is 10.2 Å². The summed E-state index contributed by atoms with van der Waals surface area (Å²) in [6.07, 6.45) is 5.53. The summed E-state index contributed by atoms with van der Waals surface area (Å²) in [5.41, 5.74) is 4.67.